The maximum Gasteiger partial charge on any atom is 1.00 e. The van der Waals surface area contributed by atoms with Crippen molar-refractivity contribution in [3.63, 3.8) is 0 Å². The molecule has 0 spiro atoms. The monoisotopic (exact) mass is 1010 g/mol. The van der Waals surface area contributed by atoms with Crippen LogP contribution in [0.4, 0.5) is 35.1 Å². The van der Waals surface area contributed by atoms with Crippen molar-refractivity contribution >= 4 is 22.6 Å². The summed E-state index contributed by atoms with van der Waals surface area (Å²) in [5.74, 6) is 8.50. The third-order valence-electron chi connectivity index (χ3n) is 13.2. The molecule has 4 fully saturated rings. The van der Waals surface area contributed by atoms with Gasteiger partial charge in [0.25, 0.3) is 12.2 Å². The number of hydrogen-bond donors (Lipinski definition) is 1. The van der Waals surface area contributed by atoms with Gasteiger partial charge in [-0.3, -0.25) is 0 Å². The van der Waals surface area contributed by atoms with Crippen molar-refractivity contribution in [2.75, 3.05) is 11.5 Å². The minimum absolute atomic E-state index is 0. The molecule has 2 aromatic carbocycles. The molecular weight excluding hydrogens is 938 g/mol. The summed E-state index contributed by atoms with van der Waals surface area (Å²) >= 11 is 1.62. The molecule has 0 atom stereocenters. The summed E-state index contributed by atoms with van der Waals surface area (Å²) in [6, 6.07) is 16.0. The van der Waals surface area contributed by atoms with Gasteiger partial charge in [-0.15, -0.1) is 0 Å². The number of ether oxygens (including phenoxy) is 1. The van der Waals surface area contributed by atoms with Gasteiger partial charge in [0.1, 0.15) is 16.2 Å². The van der Waals surface area contributed by atoms with E-state index >= 15 is 0 Å². The number of rotatable bonds is 10. The Bertz CT molecular complexity index is 1370. The van der Waals surface area contributed by atoms with Crippen LogP contribution in [0, 0.1) is 35.5 Å². The van der Waals surface area contributed by atoms with Gasteiger partial charge < -0.3 is 15.3 Å². The molecule has 0 radical (unpaired) electrons. The average Bonchev–Trinajstić information content (AvgIpc) is 3.26. The van der Waals surface area contributed by atoms with Gasteiger partial charge in [-0.25, -0.2) is 17.6 Å². The largest absolute Gasteiger partial charge is 1.00 e. The molecule has 0 aromatic heterocycles. The van der Waals surface area contributed by atoms with Crippen LogP contribution in [0.25, 0.3) is 0 Å². The Morgan fingerprint density at radius 2 is 0.855 bits per heavy atom. The first kappa shape index (κ1) is 62.7. The summed E-state index contributed by atoms with van der Waals surface area (Å²) in [4.78, 5) is 0. The van der Waals surface area contributed by atoms with E-state index in [1.54, 1.807) is 22.6 Å². The van der Waals surface area contributed by atoms with Gasteiger partial charge in [-0.2, -0.15) is 17.6 Å². The molecule has 0 heterocycles. The van der Waals surface area contributed by atoms with E-state index in [0.717, 1.165) is 41.4 Å². The Balaban J connectivity index is 0. The molecule has 4 saturated carbocycles. The minimum Gasteiger partial charge on any atom is -0.870 e. The number of alkyl halides is 3. The maximum atomic E-state index is 12.2. The molecule has 62 heavy (non-hydrogen) atoms. The Morgan fingerprint density at radius 1 is 0.581 bits per heavy atom. The average molecular weight is 1010 g/mol. The predicted octanol–water partition coefficient (Wildman–Crippen LogP) is 15.3. The van der Waals surface area contributed by atoms with E-state index in [9.17, 15) is 40.2 Å². The Morgan fingerprint density at radius 3 is 1.11 bits per heavy atom. The summed E-state index contributed by atoms with van der Waals surface area (Å²) in [5.41, 5.74) is 2.84. The normalized spacial score (nSPS) is 25.0. The zero-order valence-corrected chi connectivity index (χ0v) is 40.8. The molecule has 13 heteroatoms. The molecule has 0 amide bonds. The smallest absolute Gasteiger partial charge is 0.870 e. The molecule has 3 nitrogen and oxygen atoms in total. The van der Waals surface area contributed by atoms with E-state index in [4.69, 9.17) is 4.74 Å². The molecule has 4 aliphatic carbocycles. The Kier molecular flexibility index (Phi) is 38.3. The fourth-order valence-corrected chi connectivity index (χ4v) is 10.2. The van der Waals surface area contributed by atoms with E-state index in [-0.39, 0.29) is 47.1 Å². The van der Waals surface area contributed by atoms with Gasteiger partial charge in [-0.05, 0) is 182 Å². The second-order valence-electron chi connectivity index (χ2n) is 16.7. The van der Waals surface area contributed by atoms with Gasteiger partial charge in [-0.1, -0.05) is 96.9 Å². The van der Waals surface area contributed by atoms with Crippen molar-refractivity contribution in [3.8, 4) is 11.5 Å². The topological polar surface area (TPSA) is 59.5 Å². The van der Waals surface area contributed by atoms with E-state index in [0.29, 0.717) is 17.4 Å². The van der Waals surface area contributed by atoms with E-state index in [1.165, 1.54) is 140 Å². The fourth-order valence-electron chi connectivity index (χ4n) is 10.2. The van der Waals surface area contributed by atoms with Crippen LogP contribution in [0.1, 0.15) is 173 Å². The SMILES string of the molecule is C.CCCC1CCC(C2CCC(c3ccc(O)cc3)CC2)CC1.CCCC1CCC(C2CCC(c3ccc(OCF)cc3)CC2)CC1.FC=C(F)F.FC=C(F)F.FCI.[Na+].[OH-]. The first-order chi connectivity index (χ1) is 28.5. The van der Waals surface area contributed by atoms with E-state index in [1.807, 2.05) is 24.3 Å². The maximum absolute atomic E-state index is 12.2. The summed E-state index contributed by atoms with van der Waals surface area (Å²) in [6.45, 7) is 3.91. The number of halogens is 9. The number of phenolic OH excluding ortho intramolecular Hbond substituents is 1. The molecule has 2 aromatic rings. The van der Waals surface area contributed by atoms with Crippen molar-refractivity contribution in [1.82, 2.24) is 0 Å². The van der Waals surface area contributed by atoms with Crippen LogP contribution < -0.4 is 34.3 Å². The van der Waals surface area contributed by atoms with Crippen LogP contribution >= 0.6 is 22.6 Å². The van der Waals surface area contributed by atoms with Crippen molar-refractivity contribution in [3.05, 3.63) is 84.5 Å². The molecule has 0 unspecified atom stereocenters. The minimum atomic E-state index is -2.29. The van der Waals surface area contributed by atoms with Crippen LogP contribution in [-0.2, 0) is 0 Å². The second kappa shape index (κ2) is 37.8. The third kappa shape index (κ3) is 25.4. The standard InChI is InChI=1S/C22H33FO.C21H32O.2C2HF3.CH2FI.CH4.Na.H2O/c1-2-3-17-4-6-18(7-5-17)19-8-10-20(11-9-19)21-12-14-22(15-13-21)24-16-23;1-2-3-16-4-6-17(7-5-16)18-8-10-19(11-9-18)20-12-14-21(22)15-13-20;2*3-1-2(4)5;2-1-3;;;/h12-15,17-20H,2-11,16H2,1H3;12-19,22H,2-11H2,1H3;2*1H;1H2;1H4;;1H2/q;;;;;;+1;/p-1. The van der Waals surface area contributed by atoms with Gasteiger partial charge in [0.05, 0.1) is 0 Å². The van der Waals surface area contributed by atoms with Crippen LogP contribution in [0.5, 0.6) is 11.5 Å². The second-order valence-corrected chi connectivity index (χ2v) is 17.3. The summed E-state index contributed by atoms with van der Waals surface area (Å²) in [6.07, 6.45) is 22.5. The summed E-state index contributed by atoms with van der Waals surface area (Å²) in [7, 11) is 0. The molecular formula is C49H74F8INaO3. The Hall–Kier alpha value is -1.35. The van der Waals surface area contributed by atoms with Crippen molar-refractivity contribution < 1.29 is 80.0 Å². The van der Waals surface area contributed by atoms with Crippen molar-refractivity contribution in [2.45, 2.75) is 162 Å². The van der Waals surface area contributed by atoms with Gasteiger partial charge in [0.15, 0.2) is 12.7 Å². The molecule has 6 rings (SSSR count). The quantitative estimate of drug-likeness (QED) is 0.112. The van der Waals surface area contributed by atoms with Gasteiger partial charge in [0.2, 0.25) is 6.86 Å². The van der Waals surface area contributed by atoms with E-state index < -0.39 is 31.7 Å². The molecule has 4 aliphatic rings. The first-order valence-electron chi connectivity index (χ1n) is 21.9. The zero-order valence-electron chi connectivity index (χ0n) is 36.7. The van der Waals surface area contributed by atoms with Crippen molar-refractivity contribution in [2.24, 2.45) is 35.5 Å². The molecule has 0 saturated heterocycles. The molecule has 2 N–H and O–H groups in total. The van der Waals surface area contributed by atoms with E-state index in [2.05, 4.69) is 38.1 Å². The number of aromatic hydroxyl groups is 1. The van der Waals surface area contributed by atoms with Crippen molar-refractivity contribution in [1.29, 1.82) is 0 Å². The summed E-state index contributed by atoms with van der Waals surface area (Å²) in [5, 5.41) is 9.43. The van der Waals surface area contributed by atoms with Gasteiger partial charge in [0, 0.05) is 0 Å². The van der Waals surface area contributed by atoms with Crippen LogP contribution in [0.3, 0.4) is 0 Å². The predicted molar refractivity (Wildman–Crippen MR) is 243 cm³/mol. The number of hydrogen-bond acceptors (Lipinski definition) is 3. The van der Waals surface area contributed by atoms with Crippen LogP contribution in [-0.4, -0.2) is 22.1 Å². The molecule has 0 bridgehead atoms. The number of phenols is 1. The molecule has 0 aliphatic heterocycles. The van der Waals surface area contributed by atoms with Crippen LogP contribution in [0.2, 0.25) is 0 Å². The number of benzene rings is 2. The van der Waals surface area contributed by atoms with Crippen LogP contribution in [0.15, 0.2) is 73.4 Å². The fraction of sp³-hybridized carbons (Fsp3) is 0.673. The third-order valence-corrected chi connectivity index (χ3v) is 13.2. The Labute approximate surface area is 404 Å². The van der Waals surface area contributed by atoms with Gasteiger partial charge >= 0.3 is 29.6 Å². The molecule has 352 valence electrons. The summed E-state index contributed by atoms with van der Waals surface area (Å²) < 4.78 is 88.5. The first-order valence-corrected chi connectivity index (χ1v) is 23.5. The zero-order chi connectivity index (χ0) is 43.4.